The fourth-order valence-corrected chi connectivity index (χ4v) is 3.00. The third-order valence-electron chi connectivity index (χ3n) is 3.25. The molecule has 0 unspecified atom stereocenters. The summed E-state index contributed by atoms with van der Waals surface area (Å²) >= 11 is 5.76. The van der Waals surface area contributed by atoms with Gasteiger partial charge in [0.15, 0.2) is 0 Å². The van der Waals surface area contributed by atoms with Crippen LogP contribution in [0.3, 0.4) is 0 Å². The molecule has 0 aliphatic rings. The first-order chi connectivity index (χ1) is 10.1. The van der Waals surface area contributed by atoms with Crippen LogP contribution in [0.4, 0.5) is 0 Å². The van der Waals surface area contributed by atoms with E-state index >= 15 is 0 Å². The molecule has 3 nitrogen and oxygen atoms in total. The molecule has 0 bridgehead atoms. The Morgan fingerprint density at radius 3 is 2.38 bits per heavy atom. The van der Waals surface area contributed by atoms with Gasteiger partial charge in [0.1, 0.15) is 9.39 Å². The summed E-state index contributed by atoms with van der Waals surface area (Å²) < 4.78 is 4.07. The van der Waals surface area contributed by atoms with E-state index in [1.54, 1.807) is 0 Å². The lowest BCUT2D eigenvalue weighted by Crippen LogP contribution is -2.04. The van der Waals surface area contributed by atoms with Gasteiger partial charge in [0, 0.05) is 10.0 Å². The summed E-state index contributed by atoms with van der Waals surface area (Å²) in [5.74, 6) is 0. The summed E-state index contributed by atoms with van der Waals surface area (Å²) in [6.45, 7) is 2.81. The molecule has 21 heavy (non-hydrogen) atoms. The molecular formula is C16H13BrIN3. The number of benzene rings is 2. The van der Waals surface area contributed by atoms with Crippen molar-refractivity contribution >= 4 is 38.5 Å². The highest BCUT2D eigenvalue weighted by atomic mass is 127. The van der Waals surface area contributed by atoms with Crippen LogP contribution in [0.25, 0.3) is 11.3 Å². The van der Waals surface area contributed by atoms with Crippen LogP contribution in [0, 0.1) is 10.6 Å². The van der Waals surface area contributed by atoms with Crippen molar-refractivity contribution in [3.8, 4) is 11.3 Å². The molecule has 3 rings (SSSR count). The van der Waals surface area contributed by atoms with Gasteiger partial charge in [0.2, 0.25) is 0 Å². The largest absolute Gasteiger partial charge is 0.234 e. The topological polar surface area (TPSA) is 30.7 Å². The lowest BCUT2D eigenvalue weighted by Gasteiger charge is -2.04. The summed E-state index contributed by atoms with van der Waals surface area (Å²) in [5, 5.41) is 8.61. The number of nitrogens with zero attached hydrogens (tertiary/aromatic N) is 3. The summed E-state index contributed by atoms with van der Waals surface area (Å²) in [4.78, 5) is 0. The van der Waals surface area contributed by atoms with E-state index in [1.165, 1.54) is 11.1 Å². The number of halogens is 2. The minimum absolute atomic E-state index is 0.727. The first-order valence-corrected chi connectivity index (χ1v) is 8.41. The minimum Gasteiger partial charge on any atom is -0.234 e. The van der Waals surface area contributed by atoms with Gasteiger partial charge in [-0.3, -0.25) is 0 Å². The Labute approximate surface area is 145 Å². The smallest absolute Gasteiger partial charge is 0.127 e. The Bertz CT molecular complexity index is 748. The number of rotatable bonds is 3. The number of aryl methyl sites for hydroxylation is 1. The molecule has 0 spiro atoms. The van der Waals surface area contributed by atoms with Gasteiger partial charge in [-0.05, 0) is 47.2 Å². The normalized spacial score (nSPS) is 10.8. The molecule has 1 aromatic heterocycles. The van der Waals surface area contributed by atoms with E-state index in [9.17, 15) is 0 Å². The van der Waals surface area contributed by atoms with Gasteiger partial charge >= 0.3 is 0 Å². The summed E-state index contributed by atoms with van der Waals surface area (Å²) in [7, 11) is 0. The molecule has 106 valence electrons. The predicted octanol–water partition coefficient (Wildman–Crippen LogP) is 4.67. The van der Waals surface area contributed by atoms with Gasteiger partial charge in [0.25, 0.3) is 0 Å². The maximum atomic E-state index is 4.33. The maximum absolute atomic E-state index is 4.33. The molecule has 5 heteroatoms. The molecule has 0 saturated heterocycles. The molecular weight excluding hydrogens is 441 g/mol. The van der Waals surface area contributed by atoms with Crippen LogP contribution in [0.5, 0.6) is 0 Å². The molecule has 0 aliphatic heterocycles. The zero-order chi connectivity index (χ0) is 14.8. The molecule has 2 aromatic carbocycles. The second-order valence-electron chi connectivity index (χ2n) is 4.88. The van der Waals surface area contributed by atoms with Crippen LogP contribution >= 0.6 is 38.5 Å². The average Bonchev–Trinajstić information content (AvgIpc) is 2.84. The van der Waals surface area contributed by atoms with E-state index in [2.05, 4.69) is 92.2 Å². The standard InChI is InChI=1S/C16H13BrIN3/c1-11-2-6-13(7-3-11)15-16(18)21(20-19-15)10-12-4-8-14(17)9-5-12/h2-9H,10H2,1H3. The zero-order valence-corrected chi connectivity index (χ0v) is 15.2. The van der Waals surface area contributed by atoms with Crippen LogP contribution in [-0.2, 0) is 6.54 Å². The summed E-state index contributed by atoms with van der Waals surface area (Å²) in [5.41, 5.74) is 4.49. The second-order valence-corrected chi connectivity index (χ2v) is 6.82. The van der Waals surface area contributed by atoms with Crippen molar-refractivity contribution in [2.75, 3.05) is 0 Å². The molecule has 0 aliphatic carbocycles. The highest BCUT2D eigenvalue weighted by molar-refractivity contribution is 14.1. The van der Waals surface area contributed by atoms with Crippen LogP contribution in [0.1, 0.15) is 11.1 Å². The molecule has 3 aromatic rings. The molecule has 0 atom stereocenters. The van der Waals surface area contributed by atoms with Gasteiger partial charge in [-0.25, -0.2) is 4.68 Å². The van der Waals surface area contributed by atoms with Gasteiger partial charge in [0.05, 0.1) is 6.54 Å². The summed E-state index contributed by atoms with van der Waals surface area (Å²) in [6, 6.07) is 16.6. The van der Waals surface area contributed by atoms with E-state index in [0.29, 0.717) is 0 Å². The fourth-order valence-electron chi connectivity index (χ4n) is 2.05. The second kappa shape index (κ2) is 6.27. The Balaban J connectivity index is 1.88. The maximum Gasteiger partial charge on any atom is 0.127 e. The highest BCUT2D eigenvalue weighted by Crippen LogP contribution is 2.23. The molecule has 0 fully saturated rings. The number of aromatic nitrogens is 3. The molecule has 0 saturated carbocycles. The Kier molecular flexibility index (Phi) is 4.40. The van der Waals surface area contributed by atoms with Gasteiger partial charge in [-0.1, -0.05) is 63.1 Å². The van der Waals surface area contributed by atoms with E-state index in [4.69, 9.17) is 0 Å². The summed E-state index contributed by atoms with van der Waals surface area (Å²) in [6.07, 6.45) is 0. The van der Waals surface area contributed by atoms with E-state index < -0.39 is 0 Å². The Morgan fingerprint density at radius 2 is 1.71 bits per heavy atom. The Morgan fingerprint density at radius 1 is 1.05 bits per heavy atom. The molecule has 0 radical (unpaired) electrons. The van der Waals surface area contributed by atoms with Crippen molar-refractivity contribution < 1.29 is 0 Å². The van der Waals surface area contributed by atoms with Crippen LogP contribution in [-0.4, -0.2) is 15.0 Å². The van der Waals surface area contributed by atoms with E-state index in [0.717, 1.165) is 26.0 Å². The molecule has 1 heterocycles. The van der Waals surface area contributed by atoms with Crippen molar-refractivity contribution in [1.29, 1.82) is 0 Å². The van der Waals surface area contributed by atoms with Crippen LogP contribution < -0.4 is 0 Å². The fraction of sp³-hybridized carbons (Fsp3) is 0.125. The molecule has 0 amide bonds. The van der Waals surface area contributed by atoms with Gasteiger partial charge < -0.3 is 0 Å². The monoisotopic (exact) mass is 453 g/mol. The quantitative estimate of drug-likeness (QED) is 0.539. The average molecular weight is 454 g/mol. The first kappa shape index (κ1) is 14.7. The Hall–Kier alpha value is -1.21. The number of hydrogen-bond acceptors (Lipinski definition) is 2. The van der Waals surface area contributed by atoms with Crippen molar-refractivity contribution in [3.63, 3.8) is 0 Å². The lowest BCUT2D eigenvalue weighted by atomic mass is 10.1. The van der Waals surface area contributed by atoms with Crippen molar-refractivity contribution in [2.45, 2.75) is 13.5 Å². The highest BCUT2D eigenvalue weighted by Gasteiger charge is 2.12. The van der Waals surface area contributed by atoms with E-state index in [1.807, 2.05) is 16.8 Å². The van der Waals surface area contributed by atoms with E-state index in [-0.39, 0.29) is 0 Å². The first-order valence-electron chi connectivity index (χ1n) is 6.54. The van der Waals surface area contributed by atoms with Crippen LogP contribution in [0.15, 0.2) is 53.0 Å². The third kappa shape index (κ3) is 3.35. The third-order valence-corrected chi connectivity index (χ3v) is 4.84. The SMILES string of the molecule is Cc1ccc(-c2nnn(Cc3ccc(Br)cc3)c2I)cc1. The van der Waals surface area contributed by atoms with Crippen molar-refractivity contribution in [2.24, 2.45) is 0 Å². The minimum atomic E-state index is 0.727. The zero-order valence-electron chi connectivity index (χ0n) is 11.4. The van der Waals surface area contributed by atoms with Crippen molar-refractivity contribution in [1.82, 2.24) is 15.0 Å². The van der Waals surface area contributed by atoms with Gasteiger partial charge in [-0.2, -0.15) is 0 Å². The lowest BCUT2D eigenvalue weighted by molar-refractivity contribution is 0.636. The molecule has 0 N–H and O–H groups in total. The van der Waals surface area contributed by atoms with Crippen LogP contribution in [0.2, 0.25) is 0 Å². The predicted molar refractivity (Wildman–Crippen MR) is 96.2 cm³/mol. The number of hydrogen-bond donors (Lipinski definition) is 0. The van der Waals surface area contributed by atoms with Crippen molar-refractivity contribution in [3.05, 3.63) is 67.8 Å². The van der Waals surface area contributed by atoms with Gasteiger partial charge in [-0.15, -0.1) is 5.10 Å².